The highest BCUT2D eigenvalue weighted by molar-refractivity contribution is 4.91. The molecule has 1 N–H and O–H groups in total. The lowest BCUT2D eigenvalue weighted by Crippen LogP contribution is -2.48. The number of rotatable bonds is 4. The van der Waals surface area contributed by atoms with E-state index in [0.717, 1.165) is 6.54 Å². The number of hydrogen-bond acceptors (Lipinski definition) is 2. The topological polar surface area (TPSA) is 23.5 Å². The SMILES string of the molecule is CCC1(CC)CCN(CC2CCCC(C)(C)C2O)CC1. The van der Waals surface area contributed by atoms with Gasteiger partial charge in [0.15, 0.2) is 0 Å². The summed E-state index contributed by atoms with van der Waals surface area (Å²) < 4.78 is 0. The molecule has 2 aliphatic rings. The van der Waals surface area contributed by atoms with Crippen molar-refractivity contribution in [3.8, 4) is 0 Å². The Bertz CT molecular complexity index is 299. The fourth-order valence-corrected chi connectivity index (χ4v) is 4.45. The van der Waals surface area contributed by atoms with Crippen molar-refractivity contribution in [2.45, 2.75) is 78.7 Å². The van der Waals surface area contributed by atoms with Crippen LogP contribution in [0.2, 0.25) is 0 Å². The zero-order chi connectivity index (χ0) is 14.8. The third-order valence-corrected chi connectivity index (χ3v) is 6.55. The van der Waals surface area contributed by atoms with Crippen LogP contribution in [0.5, 0.6) is 0 Å². The number of aliphatic hydroxyl groups is 1. The summed E-state index contributed by atoms with van der Waals surface area (Å²) in [4.78, 5) is 2.62. The molecular weight excluding hydrogens is 246 g/mol. The molecule has 2 rings (SSSR count). The Hall–Kier alpha value is -0.0800. The lowest BCUT2D eigenvalue weighted by Gasteiger charge is -2.45. The summed E-state index contributed by atoms with van der Waals surface area (Å²) in [6, 6.07) is 0. The molecule has 2 atom stereocenters. The minimum atomic E-state index is -0.111. The highest BCUT2D eigenvalue weighted by Gasteiger charge is 2.39. The second-order valence-electron chi connectivity index (χ2n) is 8.09. The van der Waals surface area contributed by atoms with E-state index in [0.29, 0.717) is 11.3 Å². The zero-order valence-corrected chi connectivity index (χ0v) is 14.1. The highest BCUT2D eigenvalue weighted by atomic mass is 16.3. The lowest BCUT2D eigenvalue weighted by molar-refractivity contribution is -0.0485. The van der Waals surface area contributed by atoms with Crippen LogP contribution in [0.1, 0.15) is 72.6 Å². The van der Waals surface area contributed by atoms with E-state index in [1.54, 1.807) is 0 Å². The van der Waals surface area contributed by atoms with E-state index >= 15 is 0 Å². The smallest absolute Gasteiger partial charge is 0.0631 e. The van der Waals surface area contributed by atoms with Gasteiger partial charge in [-0.15, -0.1) is 0 Å². The number of nitrogens with zero attached hydrogens (tertiary/aromatic N) is 1. The van der Waals surface area contributed by atoms with E-state index in [-0.39, 0.29) is 11.5 Å². The molecule has 1 aliphatic carbocycles. The molecule has 0 aromatic carbocycles. The molecule has 1 heterocycles. The van der Waals surface area contributed by atoms with Crippen molar-refractivity contribution in [3.05, 3.63) is 0 Å². The van der Waals surface area contributed by atoms with Crippen molar-refractivity contribution in [1.82, 2.24) is 4.90 Å². The molecule has 0 amide bonds. The van der Waals surface area contributed by atoms with Crippen molar-refractivity contribution in [2.24, 2.45) is 16.7 Å². The molecule has 0 aromatic rings. The number of likely N-dealkylation sites (tertiary alicyclic amines) is 1. The van der Waals surface area contributed by atoms with Crippen LogP contribution in [0.3, 0.4) is 0 Å². The van der Waals surface area contributed by atoms with E-state index < -0.39 is 0 Å². The van der Waals surface area contributed by atoms with E-state index in [1.807, 2.05) is 0 Å². The Labute approximate surface area is 125 Å². The van der Waals surface area contributed by atoms with E-state index in [9.17, 15) is 5.11 Å². The van der Waals surface area contributed by atoms with Crippen LogP contribution in [0.15, 0.2) is 0 Å². The minimum absolute atomic E-state index is 0.111. The van der Waals surface area contributed by atoms with Gasteiger partial charge in [-0.25, -0.2) is 0 Å². The largest absolute Gasteiger partial charge is 0.392 e. The fourth-order valence-electron chi connectivity index (χ4n) is 4.45. The normalized spacial score (nSPS) is 34.0. The molecule has 0 bridgehead atoms. The van der Waals surface area contributed by atoms with Gasteiger partial charge in [0.1, 0.15) is 0 Å². The summed E-state index contributed by atoms with van der Waals surface area (Å²) in [5.41, 5.74) is 0.732. The van der Waals surface area contributed by atoms with Crippen LogP contribution in [0, 0.1) is 16.7 Å². The molecule has 0 aromatic heterocycles. The molecule has 2 unspecified atom stereocenters. The second kappa shape index (κ2) is 6.36. The summed E-state index contributed by atoms with van der Waals surface area (Å²) in [7, 11) is 0. The van der Waals surface area contributed by atoms with Gasteiger partial charge in [-0.3, -0.25) is 0 Å². The first-order valence-corrected chi connectivity index (χ1v) is 8.83. The van der Waals surface area contributed by atoms with Crippen molar-refractivity contribution < 1.29 is 5.11 Å². The van der Waals surface area contributed by atoms with Crippen LogP contribution >= 0.6 is 0 Å². The van der Waals surface area contributed by atoms with Crippen LogP contribution in [-0.2, 0) is 0 Å². The fraction of sp³-hybridized carbons (Fsp3) is 1.00. The molecule has 2 nitrogen and oxygen atoms in total. The quantitative estimate of drug-likeness (QED) is 0.839. The Morgan fingerprint density at radius 2 is 1.65 bits per heavy atom. The molecule has 1 saturated carbocycles. The first-order chi connectivity index (χ1) is 9.42. The van der Waals surface area contributed by atoms with Gasteiger partial charge in [0.2, 0.25) is 0 Å². The maximum atomic E-state index is 10.6. The predicted molar refractivity (Wildman–Crippen MR) is 85.8 cm³/mol. The van der Waals surface area contributed by atoms with E-state index in [4.69, 9.17) is 0 Å². The molecule has 1 saturated heterocycles. The number of piperidine rings is 1. The third-order valence-electron chi connectivity index (χ3n) is 6.55. The molecule has 1 aliphatic heterocycles. The van der Waals surface area contributed by atoms with Crippen LogP contribution in [-0.4, -0.2) is 35.7 Å². The van der Waals surface area contributed by atoms with Crippen LogP contribution in [0.25, 0.3) is 0 Å². The van der Waals surface area contributed by atoms with Gasteiger partial charge in [-0.2, -0.15) is 0 Å². The Morgan fingerprint density at radius 1 is 1.05 bits per heavy atom. The molecule has 2 fully saturated rings. The van der Waals surface area contributed by atoms with Crippen LogP contribution < -0.4 is 0 Å². The number of aliphatic hydroxyl groups excluding tert-OH is 1. The van der Waals surface area contributed by atoms with E-state index in [2.05, 4.69) is 32.6 Å². The standard InChI is InChI=1S/C18H35NO/c1-5-18(6-2)10-12-19(13-11-18)14-15-8-7-9-17(3,4)16(15)20/h15-16,20H,5-14H2,1-4H3. The van der Waals surface area contributed by atoms with E-state index in [1.165, 1.54) is 58.0 Å². The van der Waals surface area contributed by atoms with Crippen molar-refractivity contribution in [3.63, 3.8) is 0 Å². The summed E-state index contributed by atoms with van der Waals surface area (Å²) >= 11 is 0. The maximum Gasteiger partial charge on any atom is 0.0631 e. The van der Waals surface area contributed by atoms with Gasteiger partial charge in [0.25, 0.3) is 0 Å². The second-order valence-corrected chi connectivity index (χ2v) is 8.09. The first-order valence-electron chi connectivity index (χ1n) is 8.83. The van der Waals surface area contributed by atoms with Gasteiger partial charge < -0.3 is 10.0 Å². The minimum Gasteiger partial charge on any atom is -0.392 e. The average molecular weight is 281 g/mol. The molecule has 20 heavy (non-hydrogen) atoms. The van der Waals surface area contributed by atoms with Crippen LogP contribution in [0.4, 0.5) is 0 Å². The lowest BCUT2D eigenvalue weighted by atomic mass is 9.69. The molecule has 0 spiro atoms. The Kier molecular flexibility index (Phi) is 5.18. The monoisotopic (exact) mass is 281 g/mol. The predicted octanol–water partition coefficient (Wildman–Crippen LogP) is 4.08. The van der Waals surface area contributed by atoms with Crippen molar-refractivity contribution in [2.75, 3.05) is 19.6 Å². The summed E-state index contributed by atoms with van der Waals surface area (Å²) in [6.07, 6.45) is 8.94. The zero-order valence-electron chi connectivity index (χ0n) is 14.1. The maximum absolute atomic E-state index is 10.6. The molecule has 0 radical (unpaired) electrons. The van der Waals surface area contributed by atoms with Gasteiger partial charge in [-0.05, 0) is 55.5 Å². The molecule has 118 valence electrons. The van der Waals surface area contributed by atoms with Gasteiger partial charge in [0, 0.05) is 6.54 Å². The highest BCUT2D eigenvalue weighted by Crippen LogP contribution is 2.41. The summed E-state index contributed by atoms with van der Waals surface area (Å²) in [5.74, 6) is 0.495. The Balaban J connectivity index is 1.86. The average Bonchev–Trinajstić information content (AvgIpc) is 2.45. The summed E-state index contributed by atoms with van der Waals surface area (Å²) in [6.45, 7) is 12.8. The number of hydrogen-bond donors (Lipinski definition) is 1. The van der Waals surface area contributed by atoms with Crippen molar-refractivity contribution >= 4 is 0 Å². The van der Waals surface area contributed by atoms with Gasteiger partial charge >= 0.3 is 0 Å². The third kappa shape index (κ3) is 3.39. The first kappa shape index (κ1) is 16.3. The van der Waals surface area contributed by atoms with Gasteiger partial charge in [0.05, 0.1) is 6.10 Å². The molecule has 2 heteroatoms. The summed E-state index contributed by atoms with van der Waals surface area (Å²) in [5, 5.41) is 10.6. The Morgan fingerprint density at radius 3 is 2.20 bits per heavy atom. The molecular formula is C18H35NO. The van der Waals surface area contributed by atoms with Gasteiger partial charge in [-0.1, -0.05) is 47.0 Å². The van der Waals surface area contributed by atoms with Crippen molar-refractivity contribution in [1.29, 1.82) is 0 Å².